The molecule has 0 radical (unpaired) electrons. The summed E-state index contributed by atoms with van der Waals surface area (Å²) in [6, 6.07) is 10.2. The highest BCUT2D eigenvalue weighted by Gasteiger charge is 2.01. The highest BCUT2D eigenvalue weighted by atomic mass is 16.2. The van der Waals surface area contributed by atoms with Gasteiger partial charge in [0.15, 0.2) is 0 Å². The molecule has 0 saturated carbocycles. The van der Waals surface area contributed by atoms with Gasteiger partial charge < -0.3 is 15.7 Å². The molecule has 0 heterocycles. The molecule has 4 heteroatoms. The summed E-state index contributed by atoms with van der Waals surface area (Å²) in [5, 5.41) is 14.9. The zero-order chi connectivity index (χ0) is 16.0. The van der Waals surface area contributed by atoms with Crippen LogP contribution in [0.15, 0.2) is 48.1 Å². The van der Waals surface area contributed by atoms with Crippen LogP contribution < -0.4 is 10.6 Å². The van der Waals surface area contributed by atoms with E-state index in [1.165, 1.54) is 11.6 Å². The zero-order valence-electron chi connectivity index (χ0n) is 13.2. The van der Waals surface area contributed by atoms with Crippen LogP contribution in [0.1, 0.15) is 25.3 Å². The quantitative estimate of drug-likeness (QED) is 0.458. The van der Waals surface area contributed by atoms with Crippen molar-refractivity contribution in [2.45, 2.75) is 19.8 Å². The van der Waals surface area contributed by atoms with Crippen LogP contribution in [0.3, 0.4) is 0 Å². The van der Waals surface area contributed by atoms with E-state index in [1.807, 2.05) is 18.2 Å². The summed E-state index contributed by atoms with van der Waals surface area (Å²) in [5.41, 5.74) is 1.77. The number of aliphatic hydroxyl groups excluding tert-OH is 1. The molecule has 1 amide bonds. The van der Waals surface area contributed by atoms with Crippen LogP contribution >= 0.6 is 0 Å². The minimum atomic E-state index is -0.104. The molecular formula is C18H26N2O2. The molecule has 1 aromatic carbocycles. The molecule has 0 fully saturated rings. The number of benzene rings is 1. The molecule has 0 spiro atoms. The van der Waals surface area contributed by atoms with Crippen molar-refractivity contribution >= 4 is 12.0 Å². The Hall–Kier alpha value is -1.91. The predicted octanol–water partition coefficient (Wildman–Crippen LogP) is 2.12. The lowest BCUT2D eigenvalue weighted by Crippen LogP contribution is -2.26. The Labute approximate surface area is 132 Å². The van der Waals surface area contributed by atoms with Crippen LogP contribution in [0.2, 0.25) is 0 Å². The predicted molar refractivity (Wildman–Crippen MR) is 91.4 cm³/mol. The molecule has 0 aliphatic rings. The van der Waals surface area contributed by atoms with Crippen molar-refractivity contribution < 1.29 is 9.90 Å². The number of aliphatic hydroxyl groups is 1. The van der Waals surface area contributed by atoms with Gasteiger partial charge in [-0.05, 0) is 31.9 Å². The number of nitrogens with one attached hydrogen (secondary N) is 2. The standard InChI is InChI=1S/C18H26N2O2/c1-16(11-15-21)18(22)20-14-6-5-12-19-13-7-10-17-8-3-2-4-9-17/h2-4,7-11,19,21H,5-6,12-15H2,1H3,(H,20,22)/b10-7+,16-11+. The van der Waals surface area contributed by atoms with E-state index in [0.29, 0.717) is 12.1 Å². The second-order valence-corrected chi connectivity index (χ2v) is 5.05. The Morgan fingerprint density at radius 3 is 2.64 bits per heavy atom. The lowest BCUT2D eigenvalue weighted by molar-refractivity contribution is -0.117. The van der Waals surface area contributed by atoms with Gasteiger partial charge in [0.1, 0.15) is 0 Å². The van der Waals surface area contributed by atoms with Crippen LogP contribution in [0.25, 0.3) is 6.08 Å². The van der Waals surface area contributed by atoms with Gasteiger partial charge in [0.05, 0.1) is 6.61 Å². The molecular weight excluding hydrogens is 276 g/mol. The van der Waals surface area contributed by atoms with Gasteiger partial charge in [-0.2, -0.15) is 0 Å². The first-order valence-electron chi connectivity index (χ1n) is 7.72. The van der Waals surface area contributed by atoms with E-state index < -0.39 is 0 Å². The average molecular weight is 302 g/mol. The summed E-state index contributed by atoms with van der Waals surface area (Å²) in [5.74, 6) is -0.104. The van der Waals surface area contributed by atoms with Gasteiger partial charge in [0.25, 0.3) is 0 Å². The third kappa shape index (κ3) is 8.39. The summed E-state index contributed by atoms with van der Waals surface area (Å²) in [4.78, 5) is 11.5. The number of carbonyl (C=O) groups is 1. The lowest BCUT2D eigenvalue weighted by atomic mass is 10.2. The Morgan fingerprint density at radius 1 is 1.18 bits per heavy atom. The zero-order valence-corrected chi connectivity index (χ0v) is 13.2. The average Bonchev–Trinajstić information content (AvgIpc) is 2.54. The molecule has 0 bridgehead atoms. The Kier molecular flexibility index (Phi) is 9.66. The van der Waals surface area contributed by atoms with Crippen molar-refractivity contribution in [1.29, 1.82) is 0 Å². The molecule has 4 nitrogen and oxygen atoms in total. The molecule has 0 aliphatic carbocycles. The van der Waals surface area contributed by atoms with Gasteiger partial charge in [-0.3, -0.25) is 4.79 Å². The van der Waals surface area contributed by atoms with E-state index in [-0.39, 0.29) is 12.5 Å². The van der Waals surface area contributed by atoms with Crippen molar-refractivity contribution in [2.75, 3.05) is 26.2 Å². The van der Waals surface area contributed by atoms with Gasteiger partial charge >= 0.3 is 0 Å². The fourth-order valence-electron chi connectivity index (χ4n) is 1.89. The minimum absolute atomic E-state index is 0.0975. The number of amides is 1. The van der Waals surface area contributed by atoms with Crippen LogP contribution in [0, 0.1) is 0 Å². The van der Waals surface area contributed by atoms with Crippen molar-refractivity contribution in [1.82, 2.24) is 10.6 Å². The number of hydrogen-bond acceptors (Lipinski definition) is 3. The SMILES string of the molecule is C/C(=C\CO)C(=O)NCCCCNC/C=C/c1ccccc1. The Balaban J connectivity index is 1.99. The fraction of sp³-hybridized carbons (Fsp3) is 0.389. The van der Waals surface area contributed by atoms with Crippen molar-refractivity contribution in [3.8, 4) is 0 Å². The van der Waals surface area contributed by atoms with Crippen molar-refractivity contribution in [3.63, 3.8) is 0 Å². The maximum atomic E-state index is 11.5. The third-order valence-corrected chi connectivity index (χ3v) is 3.19. The highest BCUT2D eigenvalue weighted by molar-refractivity contribution is 5.92. The second kappa shape index (κ2) is 11.7. The number of rotatable bonds is 10. The minimum Gasteiger partial charge on any atom is -0.392 e. The summed E-state index contributed by atoms with van der Waals surface area (Å²) < 4.78 is 0. The molecule has 1 aromatic rings. The van der Waals surface area contributed by atoms with Gasteiger partial charge in [0.2, 0.25) is 5.91 Å². The molecule has 22 heavy (non-hydrogen) atoms. The normalized spacial score (nSPS) is 11.8. The van der Waals surface area contributed by atoms with E-state index in [9.17, 15) is 4.79 Å². The summed E-state index contributed by atoms with van der Waals surface area (Å²) >= 11 is 0. The van der Waals surface area contributed by atoms with E-state index in [0.717, 1.165) is 25.9 Å². The first kappa shape index (κ1) is 18.1. The lowest BCUT2D eigenvalue weighted by Gasteiger charge is -2.05. The summed E-state index contributed by atoms with van der Waals surface area (Å²) in [7, 11) is 0. The monoisotopic (exact) mass is 302 g/mol. The molecule has 0 atom stereocenters. The van der Waals surface area contributed by atoms with Crippen LogP contribution in [-0.4, -0.2) is 37.3 Å². The van der Waals surface area contributed by atoms with Gasteiger partial charge in [0, 0.05) is 18.7 Å². The topological polar surface area (TPSA) is 61.4 Å². The maximum Gasteiger partial charge on any atom is 0.246 e. The van der Waals surface area contributed by atoms with Gasteiger partial charge in [-0.15, -0.1) is 0 Å². The number of unbranched alkanes of at least 4 members (excludes halogenated alkanes) is 1. The molecule has 3 N–H and O–H groups in total. The first-order valence-corrected chi connectivity index (χ1v) is 7.72. The molecule has 0 aliphatic heterocycles. The van der Waals surface area contributed by atoms with E-state index in [4.69, 9.17) is 5.11 Å². The van der Waals surface area contributed by atoms with E-state index in [1.54, 1.807) is 6.92 Å². The first-order chi connectivity index (χ1) is 10.7. The van der Waals surface area contributed by atoms with Crippen LogP contribution in [-0.2, 0) is 4.79 Å². The molecule has 0 saturated heterocycles. The van der Waals surface area contributed by atoms with Gasteiger partial charge in [-0.25, -0.2) is 0 Å². The van der Waals surface area contributed by atoms with Crippen LogP contribution in [0.4, 0.5) is 0 Å². The fourth-order valence-corrected chi connectivity index (χ4v) is 1.89. The summed E-state index contributed by atoms with van der Waals surface area (Å²) in [6.45, 7) is 4.04. The number of hydrogen-bond donors (Lipinski definition) is 3. The molecule has 0 aromatic heterocycles. The molecule has 0 unspecified atom stereocenters. The van der Waals surface area contributed by atoms with E-state index >= 15 is 0 Å². The summed E-state index contributed by atoms with van der Waals surface area (Å²) in [6.07, 6.45) is 7.68. The van der Waals surface area contributed by atoms with Crippen molar-refractivity contribution in [3.05, 3.63) is 53.6 Å². The van der Waals surface area contributed by atoms with Crippen LogP contribution in [0.5, 0.6) is 0 Å². The Morgan fingerprint density at radius 2 is 1.91 bits per heavy atom. The third-order valence-electron chi connectivity index (χ3n) is 3.19. The molecule has 1 rings (SSSR count). The molecule has 120 valence electrons. The van der Waals surface area contributed by atoms with Gasteiger partial charge in [-0.1, -0.05) is 48.6 Å². The van der Waals surface area contributed by atoms with E-state index in [2.05, 4.69) is 34.9 Å². The Bertz CT molecular complexity index is 481. The van der Waals surface area contributed by atoms with Crippen molar-refractivity contribution in [2.24, 2.45) is 0 Å². The largest absolute Gasteiger partial charge is 0.392 e. The second-order valence-electron chi connectivity index (χ2n) is 5.05. The maximum absolute atomic E-state index is 11.5. The number of carbonyl (C=O) groups excluding carboxylic acids is 1. The smallest absolute Gasteiger partial charge is 0.246 e. The highest BCUT2D eigenvalue weighted by Crippen LogP contribution is 2.00.